The molecule has 0 fully saturated rings. The number of nitrogens with zero attached hydrogens (tertiary/aromatic N) is 2. The standard InChI is InChI=1S/C13H17N3O3S/c1-11(17)12-4-2-5-13(10-12)20(18,19)15-7-9-16-8-3-6-14-16/h2-6,8,10-11,15,17H,7,9H2,1H3. The van der Waals surface area contributed by atoms with Crippen LogP contribution in [0.3, 0.4) is 0 Å². The normalized spacial score (nSPS) is 13.3. The van der Waals surface area contributed by atoms with Gasteiger partial charge < -0.3 is 5.11 Å². The lowest BCUT2D eigenvalue weighted by atomic mass is 10.1. The van der Waals surface area contributed by atoms with Gasteiger partial charge >= 0.3 is 0 Å². The largest absolute Gasteiger partial charge is 0.389 e. The molecule has 2 rings (SSSR count). The zero-order chi connectivity index (χ0) is 14.6. The molecule has 6 nitrogen and oxygen atoms in total. The van der Waals surface area contributed by atoms with Crippen molar-refractivity contribution in [3.63, 3.8) is 0 Å². The van der Waals surface area contributed by atoms with Gasteiger partial charge in [0, 0.05) is 18.9 Å². The molecule has 1 aromatic carbocycles. The highest BCUT2D eigenvalue weighted by Crippen LogP contribution is 2.16. The van der Waals surface area contributed by atoms with Crippen LogP contribution in [-0.2, 0) is 16.6 Å². The van der Waals surface area contributed by atoms with Crippen molar-refractivity contribution in [2.75, 3.05) is 6.54 Å². The molecule has 7 heteroatoms. The number of sulfonamides is 1. The first-order valence-electron chi connectivity index (χ1n) is 6.24. The number of nitrogens with one attached hydrogen (secondary N) is 1. The topological polar surface area (TPSA) is 84.2 Å². The summed E-state index contributed by atoms with van der Waals surface area (Å²) in [6, 6.07) is 8.06. The Morgan fingerprint density at radius 1 is 1.40 bits per heavy atom. The number of aliphatic hydroxyl groups excluding tert-OH is 1. The van der Waals surface area contributed by atoms with Crippen molar-refractivity contribution in [3.05, 3.63) is 48.3 Å². The lowest BCUT2D eigenvalue weighted by Crippen LogP contribution is -2.27. The highest BCUT2D eigenvalue weighted by atomic mass is 32.2. The Bertz CT molecular complexity index is 651. The number of benzene rings is 1. The molecule has 0 spiro atoms. The number of hydrogen-bond donors (Lipinski definition) is 2. The summed E-state index contributed by atoms with van der Waals surface area (Å²) < 4.78 is 28.4. The van der Waals surface area contributed by atoms with Gasteiger partial charge in [0.15, 0.2) is 0 Å². The lowest BCUT2D eigenvalue weighted by molar-refractivity contribution is 0.199. The minimum Gasteiger partial charge on any atom is -0.389 e. The molecule has 0 aliphatic heterocycles. The van der Waals surface area contributed by atoms with Gasteiger partial charge in [0.25, 0.3) is 0 Å². The van der Waals surface area contributed by atoms with E-state index in [4.69, 9.17) is 0 Å². The summed E-state index contributed by atoms with van der Waals surface area (Å²) in [4.78, 5) is 0.149. The average Bonchev–Trinajstić information content (AvgIpc) is 2.92. The molecule has 1 unspecified atom stereocenters. The van der Waals surface area contributed by atoms with Crippen LogP contribution in [0.1, 0.15) is 18.6 Å². The van der Waals surface area contributed by atoms with Crippen LogP contribution < -0.4 is 4.72 Å². The SMILES string of the molecule is CC(O)c1cccc(S(=O)(=O)NCCn2cccn2)c1. The van der Waals surface area contributed by atoms with Crippen LogP contribution in [0.25, 0.3) is 0 Å². The summed E-state index contributed by atoms with van der Waals surface area (Å²) >= 11 is 0. The van der Waals surface area contributed by atoms with Crippen LogP contribution in [-0.4, -0.2) is 29.8 Å². The molecule has 20 heavy (non-hydrogen) atoms. The van der Waals surface area contributed by atoms with E-state index in [2.05, 4.69) is 9.82 Å². The van der Waals surface area contributed by atoms with Crippen LogP contribution in [0.4, 0.5) is 0 Å². The third kappa shape index (κ3) is 3.66. The minimum absolute atomic E-state index is 0.149. The van der Waals surface area contributed by atoms with Gasteiger partial charge in [0.1, 0.15) is 0 Å². The van der Waals surface area contributed by atoms with Crippen molar-refractivity contribution in [1.82, 2.24) is 14.5 Å². The zero-order valence-corrected chi connectivity index (χ0v) is 11.9. The number of hydrogen-bond acceptors (Lipinski definition) is 4. The molecule has 0 saturated carbocycles. The van der Waals surface area contributed by atoms with Crippen molar-refractivity contribution >= 4 is 10.0 Å². The second-order valence-corrected chi connectivity index (χ2v) is 6.18. The van der Waals surface area contributed by atoms with Crippen LogP contribution in [0.15, 0.2) is 47.6 Å². The first-order chi connectivity index (χ1) is 9.49. The maximum absolute atomic E-state index is 12.1. The summed E-state index contributed by atoms with van der Waals surface area (Å²) in [5.74, 6) is 0. The summed E-state index contributed by atoms with van der Waals surface area (Å²) in [5.41, 5.74) is 0.569. The molecule has 1 atom stereocenters. The fourth-order valence-electron chi connectivity index (χ4n) is 1.75. The van der Waals surface area contributed by atoms with E-state index >= 15 is 0 Å². The van der Waals surface area contributed by atoms with Crippen molar-refractivity contribution in [2.24, 2.45) is 0 Å². The molecule has 0 saturated heterocycles. The second kappa shape index (κ2) is 6.17. The molecule has 0 radical (unpaired) electrons. The summed E-state index contributed by atoms with van der Waals surface area (Å²) in [6.45, 7) is 2.31. The summed E-state index contributed by atoms with van der Waals surface area (Å²) in [5, 5.41) is 13.5. The van der Waals surface area contributed by atoms with Gasteiger partial charge in [-0.1, -0.05) is 12.1 Å². The van der Waals surface area contributed by atoms with E-state index in [1.807, 2.05) is 0 Å². The van der Waals surface area contributed by atoms with E-state index in [1.54, 1.807) is 42.2 Å². The molecule has 0 aliphatic carbocycles. The van der Waals surface area contributed by atoms with E-state index < -0.39 is 16.1 Å². The number of rotatable bonds is 6. The zero-order valence-electron chi connectivity index (χ0n) is 11.1. The molecule has 0 amide bonds. The Balaban J connectivity index is 2.04. The monoisotopic (exact) mass is 295 g/mol. The van der Waals surface area contributed by atoms with Crippen LogP contribution in [0, 0.1) is 0 Å². The molecule has 0 bridgehead atoms. The predicted molar refractivity (Wildman–Crippen MR) is 74.5 cm³/mol. The molecule has 2 N–H and O–H groups in total. The van der Waals surface area contributed by atoms with E-state index in [0.717, 1.165) is 0 Å². The smallest absolute Gasteiger partial charge is 0.240 e. The molecule has 108 valence electrons. The Hall–Kier alpha value is -1.70. The summed E-state index contributed by atoms with van der Waals surface area (Å²) in [6.07, 6.45) is 2.71. The number of aliphatic hydroxyl groups is 1. The van der Waals surface area contributed by atoms with Gasteiger partial charge in [-0.3, -0.25) is 4.68 Å². The fraction of sp³-hybridized carbons (Fsp3) is 0.308. The Morgan fingerprint density at radius 2 is 2.20 bits per heavy atom. The molecular weight excluding hydrogens is 278 g/mol. The van der Waals surface area contributed by atoms with Gasteiger partial charge in [-0.05, 0) is 30.7 Å². The highest BCUT2D eigenvalue weighted by Gasteiger charge is 2.14. The van der Waals surface area contributed by atoms with E-state index in [9.17, 15) is 13.5 Å². The van der Waals surface area contributed by atoms with E-state index in [0.29, 0.717) is 12.1 Å². The molecule has 0 aliphatic rings. The third-order valence-electron chi connectivity index (χ3n) is 2.84. The van der Waals surface area contributed by atoms with Crippen molar-refractivity contribution in [2.45, 2.75) is 24.5 Å². The van der Waals surface area contributed by atoms with Gasteiger partial charge in [-0.25, -0.2) is 13.1 Å². The Morgan fingerprint density at radius 3 is 2.85 bits per heavy atom. The van der Waals surface area contributed by atoms with Crippen molar-refractivity contribution in [3.8, 4) is 0 Å². The fourth-order valence-corrected chi connectivity index (χ4v) is 2.83. The summed E-state index contributed by atoms with van der Waals surface area (Å²) in [7, 11) is -3.57. The average molecular weight is 295 g/mol. The molecule has 2 aromatic rings. The molecule has 1 heterocycles. The molecular formula is C13H17N3O3S. The van der Waals surface area contributed by atoms with Gasteiger partial charge in [0.2, 0.25) is 10.0 Å². The minimum atomic E-state index is -3.57. The number of aromatic nitrogens is 2. The van der Waals surface area contributed by atoms with Gasteiger partial charge in [0.05, 0.1) is 17.5 Å². The van der Waals surface area contributed by atoms with Crippen LogP contribution in [0.2, 0.25) is 0 Å². The quantitative estimate of drug-likeness (QED) is 0.830. The third-order valence-corrected chi connectivity index (χ3v) is 4.30. The van der Waals surface area contributed by atoms with E-state index in [-0.39, 0.29) is 11.4 Å². The van der Waals surface area contributed by atoms with Crippen LogP contribution >= 0.6 is 0 Å². The van der Waals surface area contributed by atoms with Gasteiger partial charge in [-0.15, -0.1) is 0 Å². The lowest BCUT2D eigenvalue weighted by Gasteiger charge is -2.09. The Kier molecular flexibility index (Phi) is 4.53. The van der Waals surface area contributed by atoms with Crippen molar-refractivity contribution in [1.29, 1.82) is 0 Å². The second-order valence-electron chi connectivity index (χ2n) is 4.42. The van der Waals surface area contributed by atoms with Gasteiger partial charge in [-0.2, -0.15) is 5.10 Å². The maximum Gasteiger partial charge on any atom is 0.240 e. The molecule has 1 aromatic heterocycles. The first-order valence-corrected chi connectivity index (χ1v) is 7.72. The van der Waals surface area contributed by atoms with Crippen LogP contribution in [0.5, 0.6) is 0 Å². The van der Waals surface area contributed by atoms with Crippen molar-refractivity contribution < 1.29 is 13.5 Å². The first kappa shape index (κ1) is 14.7. The van der Waals surface area contributed by atoms with E-state index in [1.165, 1.54) is 12.1 Å². The predicted octanol–water partition coefficient (Wildman–Crippen LogP) is 0.915. The Labute approximate surface area is 118 Å². The maximum atomic E-state index is 12.1. The highest BCUT2D eigenvalue weighted by molar-refractivity contribution is 7.89.